The Labute approximate surface area is 152 Å². The minimum Gasteiger partial charge on any atom is -0.349 e. The first kappa shape index (κ1) is 17.4. The molecule has 128 valence electrons. The number of nitrogens with zero attached hydrogens (tertiary/aromatic N) is 1. The average molecular weight is 363 g/mol. The third kappa shape index (κ3) is 4.37. The van der Waals surface area contributed by atoms with E-state index in [0.29, 0.717) is 11.1 Å². The molecule has 5 heteroatoms. The number of hydrogen-bond donors (Lipinski definition) is 1. The molecule has 2 aromatic rings. The van der Waals surface area contributed by atoms with Gasteiger partial charge in [-0.3, -0.25) is 4.79 Å². The SMILES string of the molecule is Cc1nc(-c2ccc(Cl)cc2)sc1C(=O)NC1CCCCCCC1. The van der Waals surface area contributed by atoms with Gasteiger partial charge in [0.05, 0.1) is 5.69 Å². The number of aromatic nitrogens is 1. The van der Waals surface area contributed by atoms with E-state index in [4.69, 9.17) is 11.6 Å². The van der Waals surface area contributed by atoms with Crippen molar-refractivity contribution in [2.24, 2.45) is 0 Å². The lowest BCUT2D eigenvalue weighted by Crippen LogP contribution is -2.35. The highest BCUT2D eigenvalue weighted by atomic mass is 35.5. The van der Waals surface area contributed by atoms with E-state index in [0.717, 1.165) is 34.0 Å². The molecule has 0 unspecified atom stereocenters. The molecule has 1 aromatic heterocycles. The van der Waals surface area contributed by atoms with Crippen LogP contribution in [0.15, 0.2) is 24.3 Å². The van der Waals surface area contributed by atoms with E-state index in [1.165, 1.54) is 43.4 Å². The van der Waals surface area contributed by atoms with Gasteiger partial charge in [-0.05, 0) is 31.9 Å². The van der Waals surface area contributed by atoms with Crippen LogP contribution in [0.2, 0.25) is 5.02 Å². The quantitative estimate of drug-likeness (QED) is 0.770. The van der Waals surface area contributed by atoms with Crippen LogP contribution in [0.5, 0.6) is 0 Å². The van der Waals surface area contributed by atoms with Gasteiger partial charge in [0.2, 0.25) is 0 Å². The first-order valence-corrected chi connectivity index (χ1v) is 9.87. The molecule has 3 rings (SSSR count). The topological polar surface area (TPSA) is 42.0 Å². The van der Waals surface area contributed by atoms with Crippen molar-refractivity contribution in [1.82, 2.24) is 10.3 Å². The number of aryl methyl sites for hydroxylation is 1. The second kappa shape index (κ2) is 8.13. The number of amides is 1. The predicted octanol–water partition coefficient (Wildman–Crippen LogP) is 5.61. The Morgan fingerprint density at radius 2 is 1.75 bits per heavy atom. The molecule has 1 fully saturated rings. The Bertz CT molecular complexity index is 688. The molecule has 1 heterocycles. The minimum atomic E-state index is 0.0239. The molecule has 1 aromatic carbocycles. The maximum absolute atomic E-state index is 12.7. The molecule has 0 saturated heterocycles. The van der Waals surface area contributed by atoms with Gasteiger partial charge in [-0.1, -0.05) is 55.8 Å². The van der Waals surface area contributed by atoms with Gasteiger partial charge in [0.1, 0.15) is 9.88 Å². The van der Waals surface area contributed by atoms with Crippen molar-refractivity contribution in [1.29, 1.82) is 0 Å². The first-order valence-electron chi connectivity index (χ1n) is 8.68. The van der Waals surface area contributed by atoms with Crippen LogP contribution < -0.4 is 5.32 Å². The highest BCUT2D eigenvalue weighted by molar-refractivity contribution is 7.17. The molecule has 0 spiro atoms. The molecular formula is C19H23ClN2OS. The fourth-order valence-electron chi connectivity index (χ4n) is 3.17. The van der Waals surface area contributed by atoms with Gasteiger partial charge in [0.25, 0.3) is 5.91 Å². The van der Waals surface area contributed by atoms with Crippen LogP contribution in [0.3, 0.4) is 0 Å². The highest BCUT2D eigenvalue weighted by Crippen LogP contribution is 2.29. The van der Waals surface area contributed by atoms with Crippen molar-refractivity contribution in [3.63, 3.8) is 0 Å². The number of thiazole rings is 1. The summed E-state index contributed by atoms with van der Waals surface area (Å²) >= 11 is 7.40. The molecule has 1 N–H and O–H groups in total. The van der Waals surface area contributed by atoms with Crippen LogP contribution in [0.1, 0.15) is 60.3 Å². The van der Waals surface area contributed by atoms with Crippen LogP contribution >= 0.6 is 22.9 Å². The average Bonchev–Trinajstić information content (AvgIpc) is 2.92. The Morgan fingerprint density at radius 1 is 1.12 bits per heavy atom. The lowest BCUT2D eigenvalue weighted by Gasteiger charge is -2.20. The maximum atomic E-state index is 12.7. The first-order chi connectivity index (χ1) is 11.6. The molecule has 0 radical (unpaired) electrons. The predicted molar refractivity (Wildman–Crippen MR) is 101 cm³/mol. The Balaban J connectivity index is 1.71. The van der Waals surface area contributed by atoms with E-state index in [-0.39, 0.29) is 5.91 Å². The van der Waals surface area contributed by atoms with Crippen molar-refractivity contribution in [2.45, 2.75) is 57.9 Å². The zero-order valence-corrected chi connectivity index (χ0v) is 15.6. The number of halogens is 1. The van der Waals surface area contributed by atoms with Gasteiger partial charge in [0.15, 0.2) is 0 Å². The maximum Gasteiger partial charge on any atom is 0.263 e. The number of rotatable bonds is 3. The summed E-state index contributed by atoms with van der Waals surface area (Å²) in [5.41, 5.74) is 1.80. The number of carbonyl (C=O) groups is 1. The van der Waals surface area contributed by atoms with E-state index >= 15 is 0 Å². The van der Waals surface area contributed by atoms with Gasteiger partial charge >= 0.3 is 0 Å². The number of benzene rings is 1. The van der Waals surface area contributed by atoms with Crippen LogP contribution in [-0.2, 0) is 0 Å². The summed E-state index contributed by atoms with van der Waals surface area (Å²) in [4.78, 5) is 18.0. The van der Waals surface area contributed by atoms with Gasteiger partial charge in [-0.2, -0.15) is 0 Å². The Hall–Kier alpha value is -1.39. The van der Waals surface area contributed by atoms with E-state index in [1.54, 1.807) is 0 Å². The summed E-state index contributed by atoms with van der Waals surface area (Å²) in [6, 6.07) is 7.89. The minimum absolute atomic E-state index is 0.0239. The molecule has 0 atom stereocenters. The van der Waals surface area contributed by atoms with Crippen molar-refractivity contribution in [3.8, 4) is 10.6 Å². The largest absolute Gasteiger partial charge is 0.349 e. The molecule has 0 bridgehead atoms. The zero-order chi connectivity index (χ0) is 16.9. The normalized spacial score (nSPS) is 16.4. The van der Waals surface area contributed by atoms with Crippen molar-refractivity contribution < 1.29 is 4.79 Å². The summed E-state index contributed by atoms with van der Waals surface area (Å²) in [7, 11) is 0. The van der Waals surface area contributed by atoms with Crippen molar-refractivity contribution in [2.75, 3.05) is 0 Å². The van der Waals surface area contributed by atoms with Crippen molar-refractivity contribution >= 4 is 28.8 Å². The molecule has 3 nitrogen and oxygen atoms in total. The second-order valence-corrected chi connectivity index (χ2v) is 7.89. The van der Waals surface area contributed by atoms with E-state index in [9.17, 15) is 4.79 Å². The monoisotopic (exact) mass is 362 g/mol. The highest BCUT2D eigenvalue weighted by Gasteiger charge is 2.20. The van der Waals surface area contributed by atoms with E-state index < -0.39 is 0 Å². The van der Waals surface area contributed by atoms with Gasteiger partial charge in [0, 0.05) is 16.6 Å². The number of hydrogen-bond acceptors (Lipinski definition) is 3. The molecule has 24 heavy (non-hydrogen) atoms. The molecule has 0 aliphatic heterocycles. The number of carbonyl (C=O) groups excluding carboxylic acids is 1. The molecular weight excluding hydrogens is 340 g/mol. The Kier molecular flexibility index (Phi) is 5.90. The fraction of sp³-hybridized carbons (Fsp3) is 0.474. The van der Waals surface area contributed by atoms with E-state index in [1.807, 2.05) is 31.2 Å². The lowest BCUT2D eigenvalue weighted by molar-refractivity contribution is 0.0934. The van der Waals surface area contributed by atoms with Crippen LogP contribution in [0, 0.1) is 6.92 Å². The van der Waals surface area contributed by atoms with E-state index in [2.05, 4.69) is 10.3 Å². The second-order valence-electron chi connectivity index (χ2n) is 6.46. The molecule has 1 aliphatic rings. The van der Waals surface area contributed by atoms with Crippen LogP contribution in [0.4, 0.5) is 0 Å². The molecule has 1 saturated carbocycles. The fourth-order valence-corrected chi connectivity index (χ4v) is 4.28. The summed E-state index contributed by atoms with van der Waals surface area (Å²) in [6.07, 6.45) is 8.50. The third-order valence-electron chi connectivity index (χ3n) is 4.53. The third-order valence-corrected chi connectivity index (χ3v) is 5.99. The number of nitrogens with one attached hydrogen (secondary N) is 1. The summed E-state index contributed by atoms with van der Waals surface area (Å²) in [5.74, 6) is 0.0239. The molecule has 1 amide bonds. The standard InChI is InChI=1S/C19H23ClN2OS/c1-13-17(18(23)22-16-7-5-3-2-4-6-8-16)24-19(21-13)14-9-11-15(20)12-10-14/h9-12,16H,2-8H2,1H3,(H,22,23). The van der Waals surface area contributed by atoms with Gasteiger partial charge < -0.3 is 5.32 Å². The summed E-state index contributed by atoms with van der Waals surface area (Å²) < 4.78 is 0. The molecule has 1 aliphatic carbocycles. The van der Waals surface area contributed by atoms with Crippen molar-refractivity contribution in [3.05, 3.63) is 39.9 Å². The zero-order valence-electron chi connectivity index (χ0n) is 14.0. The Morgan fingerprint density at radius 3 is 2.42 bits per heavy atom. The summed E-state index contributed by atoms with van der Waals surface area (Å²) in [5, 5.41) is 4.80. The van der Waals surface area contributed by atoms with Crippen LogP contribution in [-0.4, -0.2) is 16.9 Å². The smallest absolute Gasteiger partial charge is 0.263 e. The summed E-state index contributed by atoms with van der Waals surface area (Å²) in [6.45, 7) is 1.91. The lowest BCUT2D eigenvalue weighted by atomic mass is 9.97. The van der Waals surface area contributed by atoms with Crippen LogP contribution in [0.25, 0.3) is 10.6 Å². The van der Waals surface area contributed by atoms with Gasteiger partial charge in [-0.15, -0.1) is 11.3 Å². The van der Waals surface area contributed by atoms with Gasteiger partial charge in [-0.25, -0.2) is 4.98 Å².